The molecule has 0 bridgehead atoms. The molecule has 96 valence electrons. The second-order valence-corrected chi connectivity index (χ2v) is 6.23. The summed E-state index contributed by atoms with van der Waals surface area (Å²) in [6.45, 7) is 4.44. The van der Waals surface area contributed by atoms with Crippen molar-refractivity contribution in [3.05, 3.63) is 35.6 Å². The third-order valence-corrected chi connectivity index (χ3v) is 3.68. The van der Waals surface area contributed by atoms with E-state index in [4.69, 9.17) is 0 Å². The second-order valence-electron chi connectivity index (χ2n) is 4.43. The van der Waals surface area contributed by atoms with Crippen molar-refractivity contribution in [1.82, 2.24) is 4.72 Å². The smallest absolute Gasteiger partial charge is 0.215 e. The molecule has 1 aromatic rings. The molecule has 0 amide bonds. The molecule has 1 N–H and O–H groups in total. The van der Waals surface area contributed by atoms with Crippen molar-refractivity contribution in [3.63, 3.8) is 0 Å². The van der Waals surface area contributed by atoms with E-state index in [1.54, 1.807) is 6.07 Å². The third kappa shape index (κ3) is 5.28. The van der Waals surface area contributed by atoms with Crippen molar-refractivity contribution in [2.45, 2.75) is 26.0 Å². The summed E-state index contributed by atoms with van der Waals surface area (Å²) in [6, 6.07) is 5.91. The van der Waals surface area contributed by atoms with Crippen LogP contribution in [0.1, 0.15) is 25.8 Å². The molecule has 17 heavy (non-hydrogen) atoms. The Morgan fingerprint density at radius 3 is 2.53 bits per heavy atom. The van der Waals surface area contributed by atoms with Crippen LogP contribution in [0.15, 0.2) is 24.3 Å². The van der Waals surface area contributed by atoms with Crippen LogP contribution in [0.4, 0.5) is 4.39 Å². The zero-order chi connectivity index (χ0) is 12.9. The fourth-order valence-corrected chi connectivity index (χ4v) is 2.55. The maximum absolute atomic E-state index is 13.3. The molecule has 0 aliphatic carbocycles. The van der Waals surface area contributed by atoms with Gasteiger partial charge in [0.1, 0.15) is 5.82 Å². The summed E-state index contributed by atoms with van der Waals surface area (Å²) in [5.41, 5.74) is 0.199. The fourth-order valence-electron chi connectivity index (χ4n) is 1.37. The Balaban J connectivity index is 2.58. The highest BCUT2D eigenvalue weighted by Crippen LogP contribution is 2.10. The van der Waals surface area contributed by atoms with Crippen LogP contribution in [0.2, 0.25) is 0 Å². The van der Waals surface area contributed by atoms with Crippen LogP contribution in [0.5, 0.6) is 0 Å². The van der Waals surface area contributed by atoms with Crippen molar-refractivity contribution >= 4 is 10.0 Å². The van der Waals surface area contributed by atoms with Crippen molar-refractivity contribution in [1.29, 1.82) is 0 Å². The lowest BCUT2D eigenvalue weighted by Crippen LogP contribution is -2.27. The van der Waals surface area contributed by atoms with Crippen LogP contribution in [0.25, 0.3) is 0 Å². The zero-order valence-corrected chi connectivity index (χ0v) is 10.9. The minimum atomic E-state index is -3.44. The molecule has 0 radical (unpaired) electrons. The van der Waals surface area contributed by atoms with E-state index in [0.717, 1.165) is 6.42 Å². The van der Waals surface area contributed by atoms with Gasteiger partial charge < -0.3 is 0 Å². The summed E-state index contributed by atoms with van der Waals surface area (Å²) >= 11 is 0. The number of hydrogen-bond acceptors (Lipinski definition) is 2. The van der Waals surface area contributed by atoms with E-state index < -0.39 is 15.8 Å². The summed E-state index contributed by atoms with van der Waals surface area (Å²) in [4.78, 5) is 0. The molecule has 0 saturated carbocycles. The SMILES string of the molecule is CC(C)CCNS(=O)(=O)Cc1ccccc1F. The molecule has 0 unspecified atom stereocenters. The first-order valence-corrected chi connectivity index (χ1v) is 7.26. The molecule has 1 rings (SSSR count). The van der Waals surface area contributed by atoms with Gasteiger partial charge in [-0.3, -0.25) is 0 Å². The van der Waals surface area contributed by atoms with E-state index in [1.807, 2.05) is 13.8 Å². The van der Waals surface area contributed by atoms with Crippen molar-refractivity contribution in [3.8, 4) is 0 Å². The Morgan fingerprint density at radius 1 is 1.29 bits per heavy atom. The number of benzene rings is 1. The molecule has 0 fully saturated rings. The normalized spacial score (nSPS) is 12.0. The number of halogens is 1. The average Bonchev–Trinajstić information content (AvgIpc) is 2.20. The number of hydrogen-bond donors (Lipinski definition) is 1. The zero-order valence-electron chi connectivity index (χ0n) is 10.1. The van der Waals surface area contributed by atoms with Gasteiger partial charge in [-0.25, -0.2) is 17.5 Å². The molecule has 0 aliphatic heterocycles. The lowest BCUT2D eigenvalue weighted by Gasteiger charge is -2.08. The van der Waals surface area contributed by atoms with Gasteiger partial charge in [-0.15, -0.1) is 0 Å². The molecular weight excluding hydrogens is 241 g/mol. The maximum Gasteiger partial charge on any atom is 0.215 e. The molecule has 1 aromatic carbocycles. The third-order valence-electron chi connectivity index (χ3n) is 2.35. The molecule has 5 heteroatoms. The monoisotopic (exact) mass is 259 g/mol. The summed E-state index contributed by atoms with van der Waals surface area (Å²) in [5.74, 6) is -0.356. The molecule has 0 heterocycles. The largest absolute Gasteiger partial charge is 0.215 e. The first-order chi connectivity index (χ1) is 7.91. The number of sulfonamides is 1. The Morgan fingerprint density at radius 2 is 1.94 bits per heavy atom. The van der Waals surface area contributed by atoms with Crippen LogP contribution >= 0.6 is 0 Å². The van der Waals surface area contributed by atoms with Gasteiger partial charge in [0.2, 0.25) is 10.0 Å². The molecule has 3 nitrogen and oxygen atoms in total. The molecule has 0 aliphatic rings. The van der Waals surface area contributed by atoms with E-state index in [9.17, 15) is 12.8 Å². The van der Waals surface area contributed by atoms with E-state index >= 15 is 0 Å². The second kappa shape index (κ2) is 6.12. The lowest BCUT2D eigenvalue weighted by atomic mass is 10.1. The van der Waals surface area contributed by atoms with E-state index in [1.165, 1.54) is 18.2 Å². The predicted molar refractivity (Wildman–Crippen MR) is 66.5 cm³/mol. The van der Waals surface area contributed by atoms with Crippen molar-refractivity contribution in [2.24, 2.45) is 5.92 Å². The number of rotatable bonds is 6. The Kier molecular flexibility index (Phi) is 5.08. The fraction of sp³-hybridized carbons (Fsp3) is 0.500. The summed E-state index contributed by atoms with van der Waals surface area (Å²) in [5, 5.41) is 0. The quantitative estimate of drug-likeness (QED) is 0.852. The van der Waals surface area contributed by atoms with Crippen LogP contribution in [0, 0.1) is 11.7 Å². The van der Waals surface area contributed by atoms with Gasteiger partial charge in [0.25, 0.3) is 0 Å². The Bertz CT molecular complexity index is 457. The van der Waals surface area contributed by atoms with Gasteiger partial charge in [0, 0.05) is 12.1 Å². The highest BCUT2D eigenvalue weighted by molar-refractivity contribution is 7.88. The maximum atomic E-state index is 13.3. The summed E-state index contributed by atoms with van der Waals surface area (Å²) in [6.07, 6.45) is 0.774. The van der Waals surface area contributed by atoms with Gasteiger partial charge in [0.15, 0.2) is 0 Å². The van der Waals surface area contributed by atoms with Gasteiger partial charge in [-0.1, -0.05) is 32.0 Å². The lowest BCUT2D eigenvalue weighted by molar-refractivity contribution is 0.549. The minimum absolute atomic E-state index is 0.199. The van der Waals surface area contributed by atoms with Crippen LogP contribution in [-0.2, 0) is 15.8 Å². The predicted octanol–water partition coefficient (Wildman–Crippen LogP) is 2.29. The molecule has 0 aromatic heterocycles. The van der Waals surface area contributed by atoms with Gasteiger partial charge in [0.05, 0.1) is 5.75 Å². The van der Waals surface area contributed by atoms with Crippen LogP contribution in [-0.4, -0.2) is 15.0 Å². The van der Waals surface area contributed by atoms with Gasteiger partial charge in [-0.05, 0) is 18.4 Å². The van der Waals surface area contributed by atoms with Crippen LogP contribution < -0.4 is 4.72 Å². The molecule has 0 atom stereocenters. The first kappa shape index (κ1) is 14.1. The minimum Gasteiger partial charge on any atom is -0.215 e. The molecule has 0 saturated heterocycles. The standard InChI is InChI=1S/C12H18FNO2S/c1-10(2)7-8-14-17(15,16)9-11-5-3-4-6-12(11)13/h3-6,10,14H,7-9H2,1-2H3. The van der Waals surface area contributed by atoms with E-state index in [0.29, 0.717) is 12.5 Å². The first-order valence-electron chi connectivity index (χ1n) is 5.61. The average molecular weight is 259 g/mol. The Hall–Kier alpha value is -0.940. The molecule has 0 spiro atoms. The highest BCUT2D eigenvalue weighted by Gasteiger charge is 2.13. The Labute approximate surface area is 102 Å². The topological polar surface area (TPSA) is 46.2 Å². The molecular formula is C12H18FNO2S. The van der Waals surface area contributed by atoms with E-state index in [-0.39, 0.29) is 11.3 Å². The van der Waals surface area contributed by atoms with Crippen LogP contribution in [0.3, 0.4) is 0 Å². The summed E-state index contributed by atoms with van der Waals surface area (Å²) in [7, 11) is -3.44. The van der Waals surface area contributed by atoms with Gasteiger partial charge in [-0.2, -0.15) is 0 Å². The summed E-state index contributed by atoms with van der Waals surface area (Å²) < 4.78 is 39.1. The highest BCUT2D eigenvalue weighted by atomic mass is 32.2. The van der Waals surface area contributed by atoms with Crippen molar-refractivity contribution in [2.75, 3.05) is 6.54 Å². The number of nitrogens with one attached hydrogen (secondary N) is 1. The van der Waals surface area contributed by atoms with Gasteiger partial charge >= 0.3 is 0 Å². The van der Waals surface area contributed by atoms with E-state index in [2.05, 4.69) is 4.72 Å². The van der Waals surface area contributed by atoms with Crippen molar-refractivity contribution < 1.29 is 12.8 Å².